The van der Waals surface area contributed by atoms with Crippen LogP contribution in [0.15, 0.2) is 0 Å². The summed E-state index contributed by atoms with van der Waals surface area (Å²) >= 11 is 0. The van der Waals surface area contributed by atoms with Gasteiger partial charge in [-0.05, 0) is 25.7 Å². The Balaban J connectivity index is 2.32. The van der Waals surface area contributed by atoms with E-state index in [0.29, 0.717) is 5.92 Å². The van der Waals surface area contributed by atoms with Crippen LogP contribution in [0.1, 0.15) is 52.9 Å². The predicted octanol–water partition coefficient (Wildman–Crippen LogP) is 3.15. The third-order valence-corrected chi connectivity index (χ3v) is 3.09. The van der Waals surface area contributed by atoms with Crippen molar-refractivity contribution in [2.75, 3.05) is 0 Å². The number of esters is 1. The van der Waals surface area contributed by atoms with E-state index in [0.717, 1.165) is 0 Å². The highest BCUT2D eigenvalue weighted by Crippen LogP contribution is 2.28. The molecule has 0 spiro atoms. The lowest BCUT2D eigenvalue weighted by atomic mass is 9.86. The molecule has 1 atom stereocenters. The van der Waals surface area contributed by atoms with Crippen molar-refractivity contribution in [3.05, 3.63) is 0 Å². The first-order valence-corrected chi connectivity index (χ1v) is 5.81. The van der Waals surface area contributed by atoms with Crippen molar-refractivity contribution in [3.8, 4) is 0 Å². The van der Waals surface area contributed by atoms with Crippen molar-refractivity contribution in [1.82, 2.24) is 0 Å². The summed E-state index contributed by atoms with van der Waals surface area (Å²) < 4.78 is 5.41. The van der Waals surface area contributed by atoms with E-state index in [1.807, 2.05) is 20.8 Å². The fraction of sp³-hybridized carbons (Fsp3) is 0.917. The van der Waals surface area contributed by atoms with Crippen LogP contribution in [0.2, 0.25) is 0 Å². The Hall–Kier alpha value is -0.530. The van der Waals surface area contributed by atoms with Crippen LogP contribution in [-0.4, -0.2) is 12.1 Å². The minimum Gasteiger partial charge on any atom is -0.462 e. The van der Waals surface area contributed by atoms with Gasteiger partial charge in [-0.1, -0.05) is 33.1 Å². The van der Waals surface area contributed by atoms with Gasteiger partial charge in [-0.2, -0.15) is 0 Å². The summed E-state index contributed by atoms with van der Waals surface area (Å²) in [7, 11) is 0. The molecule has 0 bridgehead atoms. The zero-order valence-electron chi connectivity index (χ0n) is 9.58. The largest absolute Gasteiger partial charge is 0.462 e. The molecule has 1 saturated carbocycles. The van der Waals surface area contributed by atoms with Gasteiger partial charge in [-0.25, -0.2) is 0 Å². The maximum absolute atomic E-state index is 11.4. The van der Waals surface area contributed by atoms with Crippen LogP contribution in [-0.2, 0) is 9.53 Å². The Morgan fingerprint density at radius 2 is 1.71 bits per heavy atom. The summed E-state index contributed by atoms with van der Waals surface area (Å²) in [6.45, 7) is 5.81. The monoisotopic (exact) mass is 198 g/mol. The molecule has 0 aromatic carbocycles. The quantitative estimate of drug-likeness (QED) is 0.651. The molecule has 14 heavy (non-hydrogen) atoms. The number of ether oxygens (including phenoxy) is 1. The molecule has 1 aliphatic rings. The average molecular weight is 198 g/mol. The van der Waals surface area contributed by atoms with E-state index >= 15 is 0 Å². The van der Waals surface area contributed by atoms with Crippen LogP contribution in [0.25, 0.3) is 0 Å². The highest BCUT2D eigenvalue weighted by molar-refractivity contribution is 5.71. The van der Waals surface area contributed by atoms with Crippen molar-refractivity contribution >= 4 is 5.97 Å². The van der Waals surface area contributed by atoms with Crippen molar-refractivity contribution in [2.45, 2.75) is 59.0 Å². The number of hydrogen-bond donors (Lipinski definition) is 0. The van der Waals surface area contributed by atoms with Crippen LogP contribution in [0.5, 0.6) is 0 Å². The predicted molar refractivity (Wildman–Crippen MR) is 57.0 cm³/mol. The molecule has 0 saturated heterocycles. The Morgan fingerprint density at radius 1 is 1.14 bits per heavy atom. The fourth-order valence-corrected chi connectivity index (χ4v) is 2.02. The van der Waals surface area contributed by atoms with Crippen molar-refractivity contribution in [3.63, 3.8) is 0 Å². The Kier molecular flexibility index (Phi) is 4.43. The van der Waals surface area contributed by atoms with E-state index in [9.17, 15) is 4.79 Å². The zero-order valence-corrected chi connectivity index (χ0v) is 9.58. The summed E-state index contributed by atoms with van der Waals surface area (Å²) in [5.41, 5.74) is 0. The minimum atomic E-state index is -0.0527. The average Bonchev–Trinajstić information content (AvgIpc) is 2.19. The number of carbonyl (C=O) groups excluding carboxylic acids is 1. The van der Waals surface area contributed by atoms with Crippen LogP contribution >= 0.6 is 0 Å². The molecule has 0 aromatic rings. The molecule has 1 rings (SSSR count). The van der Waals surface area contributed by atoms with Gasteiger partial charge in [0.25, 0.3) is 0 Å². The molecule has 1 aliphatic carbocycles. The third kappa shape index (κ3) is 3.32. The van der Waals surface area contributed by atoms with Gasteiger partial charge in [0.2, 0.25) is 0 Å². The fourth-order valence-electron chi connectivity index (χ4n) is 2.02. The second-order valence-electron chi connectivity index (χ2n) is 4.69. The third-order valence-electron chi connectivity index (χ3n) is 3.09. The molecule has 0 radical (unpaired) electrons. The maximum Gasteiger partial charge on any atom is 0.308 e. The van der Waals surface area contributed by atoms with E-state index in [4.69, 9.17) is 4.74 Å². The van der Waals surface area contributed by atoms with Crippen LogP contribution in [0.4, 0.5) is 0 Å². The highest BCUT2D eigenvalue weighted by atomic mass is 16.5. The molecule has 0 unspecified atom stereocenters. The highest BCUT2D eigenvalue weighted by Gasteiger charge is 2.23. The van der Waals surface area contributed by atoms with Gasteiger partial charge in [0, 0.05) is 0 Å². The van der Waals surface area contributed by atoms with E-state index in [2.05, 4.69) is 0 Å². The van der Waals surface area contributed by atoms with E-state index in [1.54, 1.807) is 0 Å². The van der Waals surface area contributed by atoms with Gasteiger partial charge in [0.15, 0.2) is 0 Å². The molecule has 0 heterocycles. The summed E-state index contributed by atoms with van der Waals surface area (Å²) in [5, 5.41) is 0. The van der Waals surface area contributed by atoms with Crippen LogP contribution in [0, 0.1) is 11.8 Å². The molecular weight excluding hydrogens is 176 g/mol. The van der Waals surface area contributed by atoms with Crippen LogP contribution in [0.3, 0.4) is 0 Å². The standard InChI is InChI=1S/C12H22O2/c1-9(2)12(13)14-10(3)11-7-5-4-6-8-11/h9-11H,4-8H2,1-3H3/t10-/m1/s1. The molecule has 0 aliphatic heterocycles. The summed E-state index contributed by atoms with van der Waals surface area (Å²) in [4.78, 5) is 11.4. The Bertz CT molecular complexity index is 181. The van der Waals surface area contributed by atoms with Gasteiger partial charge >= 0.3 is 5.97 Å². The first-order chi connectivity index (χ1) is 6.61. The number of carbonyl (C=O) groups is 1. The molecule has 0 aromatic heterocycles. The molecule has 2 heteroatoms. The van der Waals surface area contributed by atoms with Crippen molar-refractivity contribution in [1.29, 1.82) is 0 Å². The van der Waals surface area contributed by atoms with Crippen molar-refractivity contribution in [2.24, 2.45) is 11.8 Å². The van der Waals surface area contributed by atoms with E-state index in [1.165, 1.54) is 32.1 Å². The van der Waals surface area contributed by atoms with E-state index < -0.39 is 0 Å². The minimum absolute atomic E-state index is 0.000963. The van der Waals surface area contributed by atoms with Gasteiger partial charge in [0.1, 0.15) is 6.10 Å². The second-order valence-corrected chi connectivity index (χ2v) is 4.69. The zero-order chi connectivity index (χ0) is 10.6. The lowest BCUT2D eigenvalue weighted by molar-refractivity contribution is -0.155. The Labute approximate surface area is 87.0 Å². The number of hydrogen-bond acceptors (Lipinski definition) is 2. The molecule has 2 nitrogen and oxygen atoms in total. The van der Waals surface area contributed by atoms with Gasteiger partial charge in [0.05, 0.1) is 5.92 Å². The second kappa shape index (κ2) is 5.38. The van der Waals surface area contributed by atoms with Crippen LogP contribution < -0.4 is 0 Å². The Morgan fingerprint density at radius 3 is 2.21 bits per heavy atom. The summed E-state index contributed by atoms with van der Waals surface area (Å²) in [5.74, 6) is 0.551. The van der Waals surface area contributed by atoms with Crippen molar-refractivity contribution < 1.29 is 9.53 Å². The maximum atomic E-state index is 11.4. The topological polar surface area (TPSA) is 26.3 Å². The smallest absolute Gasteiger partial charge is 0.308 e. The SMILES string of the molecule is CC(C)C(=O)O[C@H](C)C1CCCCC1. The molecule has 0 N–H and O–H groups in total. The first-order valence-electron chi connectivity index (χ1n) is 5.81. The normalized spacial score (nSPS) is 20.9. The van der Waals surface area contributed by atoms with Gasteiger partial charge < -0.3 is 4.74 Å². The summed E-state index contributed by atoms with van der Waals surface area (Å²) in [6.07, 6.45) is 6.52. The van der Waals surface area contributed by atoms with E-state index in [-0.39, 0.29) is 18.0 Å². The summed E-state index contributed by atoms with van der Waals surface area (Å²) in [6, 6.07) is 0. The number of rotatable bonds is 3. The lowest BCUT2D eigenvalue weighted by Gasteiger charge is -2.27. The first kappa shape index (κ1) is 11.5. The molecule has 0 amide bonds. The molecule has 1 fully saturated rings. The lowest BCUT2D eigenvalue weighted by Crippen LogP contribution is -2.27. The van der Waals surface area contributed by atoms with Gasteiger partial charge in [-0.15, -0.1) is 0 Å². The molecule has 82 valence electrons. The molecular formula is C12H22O2. The van der Waals surface area contributed by atoms with Gasteiger partial charge in [-0.3, -0.25) is 4.79 Å².